The topological polar surface area (TPSA) is 54.4 Å². The Balaban J connectivity index is 2.21. The molecule has 0 bridgehead atoms. The minimum atomic E-state index is -1.07. The third-order valence-electron chi connectivity index (χ3n) is 2.86. The second-order valence-electron chi connectivity index (χ2n) is 4.35. The molecular formula is C17H14O3. The number of aliphatic carboxylic acids is 1. The average molecular weight is 266 g/mol. The van der Waals surface area contributed by atoms with E-state index >= 15 is 0 Å². The maximum absolute atomic E-state index is 12.0. The molecular weight excluding hydrogens is 252 g/mol. The van der Waals surface area contributed by atoms with Gasteiger partial charge in [0.2, 0.25) is 0 Å². The van der Waals surface area contributed by atoms with Gasteiger partial charge in [-0.2, -0.15) is 0 Å². The van der Waals surface area contributed by atoms with Gasteiger partial charge in [-0.25, -0.2) is 4.79 Å². The van der Waals surface area contributed by atoms with E-state index in [4.69, 9.17) is 0 Å². The fourth-order valence-corrected chi connectivity index (χ4v) is 1.84. The van der Waals surface area contributed by atoms with Crippen molar-refractivity contribution < 1.29 is 14.7 Å². The molecule has 0 aliphatic carbocycles. The molecule has 0 spiro atoms. The summed E-state index contributed by atoms with van der Waals surface area (Å²) >= 11 is 0. The van der Waals surface area contributed by atoms with Crippen molar-refractivity contribution in [2.75, 3.05) is 0 Å². The highest BCUT2D eigenvalue weighted by Crippen LogP contribution is 2.14. The summed E-state index contributed by atoms with van der Waals surface area (Å²) in [5, 5.41) is 9.21. The third kappa shape index (κ3) is 3.65. The lowest BCUT2D eigenvalue weighted by atomic mass is 10.0. The quantitative estimate of drug-likeness (QED) is 0.666. The van der Waals surface area contributed by atoms with E-state index in [2.05, 4.69) is 0 Å². The molecule has 100 valence electrons. The summed E-state index contributed by atoms with van der Waals surface area (Å²) in [6, 6.07) is 17.8. The van der Waals surface area contributed by atoms with Gasteiger partial charge in [-0.3, -0.25) is 4.79 Å². The summed E-state index contributed by atoms with van der Waals surface area (Å²) in [5.41, 5.74) is 1.38. The van der Waals surface area contributed by atoms with Gasteiger partial charge in [-0.15, -0.1) is 0 Å². The molecule has 3 heteroatoms. The van der Waals surface area contributed by atoms with Crippen LogP contribution in [0.2, 0.25) is 0 Å². The summed E-state index contributed by atoms with van der Waals surface area (Å²) in [7, 11) is 0. The summed E-state index contributed by atoms with van der Waals surface area (Å²) in [5.74, 6) is -1.27. The first-order valence-corrected chi connectivity index (χ1v) is 6.24. The molecule has 1 N–H and O–H groups in total. The molecule has 2 rings (SSSR count). The molecule has 0 heterocycles. The summed E-state index contributed by atoms with van der Waals surface area (Å²) in [6.07, 6.45) is 1.41. The lowest BCUT2D eigenvalue weighted by Crippen LogP contribution is -2.07. The fraction of sp³-hybridized carbons (Fsp3) is 0.0588. The van der Waals surface area contributed by atoms with Gasteiger partial charge < -0.3 is 5.11 Å². The van der Waals surface area contributed by atoms with Crippen molar-refractivity contribution in [3.8, 4) is 0 Å². The van der Waals surface area contributed by atoms with Gasteiger partial charge in [0.05, 0.1) is 0 Å². The van der Waals surface area contributed by atoms with E-state index in [9.17, 15) is 14.7 Å². The lowest BCUT2D eigenvalue weighted by Gasteiger charge is -2.03. The molecule has 20 heavy (non-hydrogen) atoms. The van der Waals surface area contributed by atoms with Crippen LogP contribution in [0.3, 0.4) is 0 Å². The van der Waals surface area contributed by atoms with Crippen LogP contribution < -0.4 is 0 Å². The van der Waals surface area contributed by atoms with Gasteiger partial charge in [0.25, 0.3) is 0 Å². The van der Waals surface area contributed by atoms with E-state index in [1.54, 1.807) is 36.4 Å². The Kier molecular flexibility index (Phi) is 4.45. The number of benzene rings is 2. The standard InChI is InChI=1S/C17H14O3/c18-16(14-9-5-2-6-10-14)12-15(17(19)20)11-13-7-3-1-4-8-13/h1-11H,12H2,(H,19,20). The van der Waals surface area contributed by atoms with Crippen LogP contribution >= 0.6 is 0 Å². The van der Waals surface area contributed by atoms with E-state index in [0.717, 1.165) is 5.56 Å². The predicted molar refractivity (Wildman–Crippen MR) is 77.4 cm³/mol. The number of carboxylic acids is 1. The highest BCUT2D eigenvalue weighted by molar-refractivity contribution is 6.04. The number of hydrogen-bond donors (Lipinski definition) is 1. The molecule has 0 amide bonds. The number of carboxylic acid groups (broad SMARTS) is 1. The Bertz CT molecular complexity index is 628. The maximum atomic E-state index is 12.0. The second-order valence-corrected chi connectivity index (χ2v) is 4.35. The van der Waals surface area contributed by atoms with Crippen molar-refractivity contribution >= 4 is 17.8 Å². The van der Waals surface area contributed by atoms with Crippen molar-refractivity contribution in [2.24, 2.45) is 0 Å². The van der Waals surface area contributed by atoms with Gasteiger partial charge in [0, 0.05) is 17.6 Å². The van der Waals surface area contributed by atoms with E-state index in [-0.39, 0.29) is 17.8 Å². The first kappa shape index (κ1) is 13.7. The van der Waals surface area contributed by atoms with Gasteiger partial charge in [0.15, 0.2) is 5.78 Å². The number of carbonyl (C=O) groups excluding carboxylic acids is 1. The van der Waals surface area contributed by atoms with E-state index in [0.29, 0.717) is 5.56 Å². The molecule has 2 aromatic carbocycles. The van der Waals surface area contributed by atoms with Crippen molar-refractivity contribution in [3.05, 3.63) is 77.4 Å². The fourth-order valence-electron chi connectivity index (χ4n) is 1.84. The number of hydrogen-bond acceptors (Lipinski definition) is 2. The molecule has 0 radical (unpaired) electrons. The number of Topliss-reactive ketones (excluding diaryl/α,β-unsaturated/α-hetero) is 1. The van der Waals surface area contributed by atoms with Crippen LogP contribution in [0.5, 0.6) is 0 Å². The number of rotatable bonds is 5. The van der Waals surface area contributed by atoms with Crippen molar-refractivity contribution in [3.63, 3.8) is 0 Å². The van der Waals surface area contributed by atoms with Crippen LogP contribution in [0.4, 0.5) is 0 Å². The number of carbonyl (C=O) groups is 2. The van der Waals surface area contributed by atoms with Gasteiger partial charge in [-0.05, 0) is 11.6 Å². The highest BCUT2D eigenvalue weighted by Gasteiger charge is 2.14. The van der Waals surface area contributed by atoms with Crippen molar-refractivity contribution in [2.45, 2.75) is 6.42 Å². The molecule has 0 aliphatic rings. The van der Waals surface area contributed by atoms with Crippen LogP contribution in [-0.4, -0.2) is 16.9 Å². The third-order valence-corrected chi connectivity index (χ3v) is 2.86. The Morgan fingerprint density at radius 3 is 2.00 bits per heavy atom. The Morgan fingerprint density at radius 2 is 1.45 bits per heavy atom. The normalized spacial score (nSPS) is 11.1. The Labute approximate surface area is 117 Å². The van der Waals surface area contributed by atoms with Gasteiger partial charge >= 0.3 is 5.97 Å². The Hall–Kier alpha value is -2.68. The minimum absolute atomic E-state index is 0.0880. The SMILES string of the molecule is O=C(O)C(=Cc1ccccc1)CC(=O)c1ccccc1. The summed E-state index contributed by atoms with van der Waals surface area (Å²) in [4.78, 5) is 23.3. The zero-order chi connectivity index (χ0) is 14.4. The molecule has 3 nitrogen and oxygen atoms in total. The predicted octanol–water partition coefficient (Wildman–Crippen LogP) is 3.43. The average Bonchev–Trinajstić information content (AvgIpc) is 2.48. The van der Waals surface area contributed by atoms with Crippen LogP contribution in [0, 0.1) is 0 Å². The van der Waals surface area contributed by atoms with Gasteiger partial charge in [-0.1, -0.05) is 60.7 Å². The zero-order valence-electron chi connectivity index (χ0n) is 10.8. The molecule has 0 saturated heterocycles. The zero-order valence-corrected chi connectivity index (χ0v) is 10.8. The number of ketones is 1. The van der Waals surface area contributed by atoms with Crippen molar-refractivity contribution in [1.29, 1.82) is 0 Å². The molecule has 0 aliphatic heterocycles. The first-order chi connectivity index (χ1) is 9.66. The second kappa shape index (κ2) is 6.48. The summed E-state index contributed by atoms with van der Waals surface area (Å²) in [6.45, 7) is 0. The Morgan fingerprint density at radius 1 is 0.900 bits per heavy atom. The molecule has 0 fully saturated rings. The maximum Gasteiger partial charge on any atom is 0.332 e. The van der Waals surface area contributed by atoms with Crippen LogP contribution in [0.15, 0.2) is 66.2 Å². The largest absolute Gasteiger partial charge is 0.478 e. The van der Waals surface area contributed by atoms with Crippen LogP contribution in [0.25, 0.3) is 6.08 Å². The first-order valence-electron chi connectivity index (χ1n) is 6.24. The van der Waals surface area contributed by atoms with E-state index in [1.165, 1.54) is 6.08 Å². The molecule has 0 aromatic heterocycles. The van der Waals surface area contributed by atoms with Crippen LogP contribution in [-0.2, 0) is 4.79 Å². The molecule has 0 saturated carbocycles. The van der Waals surface area contributed by atoms with Gasteiger partial charge in [0.1, 0.15) is 0 Å². The molecule has 0 atom stereocenters. The van der Waals surface area contributed by atoms with Crippen molar-refractivity contribution in [1.82, 2.24) is 0 Å². The monoisotopic (exact) mass is 266 g/mol. The van der Waals surface area contributed by atoms with Crippen LogP contribution in [0.1, 0.15) is 22.3 Å². The molecule has 0 unspecified atom stereocenters. The van der Waals surface area contributed by atoms with E-state index in [1.807, 2.05) is 24.3 Å². The van der Waals surface area contributed by atoms with E-state index < -0.39 is 5.97 Å². The summed E-state index contributed by atoms with van der Waals surface area (Å²) < 4.78 is 0. The molecule has 2 aromatic rings. The smallest absolute Gasteiger partial charge is 0.332 e. The highest BCUT2D eigenvalue weighted by atomic mass is 16.4. The lowest BCUT2D eigenvalue weighted by molar-refractivity contribution is -0.132. The minimum Gasteiger partial charge on any atom is -0.478 e.